The van der Waals surface area contributed by atoms with Crippen molar-refractivity contribution in [1.29, 1.82) is 0 Å². The second kappa shape index (κ2) is 5.74. The van der Waals surface area contributed by atoms with Crippen molar-refractivity contribution < 1.29 is 19.4 Å². The summed E-state index contributed by atoms with van der Waals surface area (Å²) >= 11 is 0. The van der Waals surface area contributed by atoms with Gasteiger partial charge in [0, 0.05) is 12.5 Å². The molecule has 0 radical (unpaired) electrons. The first-order chi connectivity index (χ1) is 8.08. The Bertz CT molecular complexity index is 418. The summed E-state index contributed by atoms with van der Waals surface area (Å²) in [5.74, 6) is 0.202. The first-order valence-corrected chi connectivity index (χ1v) is 4.83. The molecule has 0 unspecified atom stereocenters. The minimum Gasteiger partial charge on any atom is -0.502 e. The predicted octanol–water partition coefficient (Wildman–Crippen LogP) is 0.879. The number of hydrogen-bond acceptors (Lipinski definition) is 5. The number of phenols is 1. The number of aromatic hydroxyl groups is 1. The Morgan fingerprint density at radius 2 is 1.88 bits per heavy atom. The maximum atomic E-state index is 10.6. The maximum absolute atomic E-state index is 10.6. The Morgan fingerprint density at radius 1 is 1.35 bits per heavy atom. The normalized spacial score (nSPS) is 10.3. The number of hydrogen-bond donors (Lipinski definition) is 2. The Hall–Kier alpha value is -2.24. The van der Waals surface area contributed by atoms with E-state index < -0.39 is 0 Å². The summed E-state index contributed by atoms with van der Waals surface area (Å²) in [6.45, 7) is 1.36. The van der Waals surface area contributed by atoms with Gasteiger partial charge in [0.25, 0.3) is 0 Å². The van der Waals surface area contributed by atoms with Crippen molar-refractivity contribution in [3.8, 4) is 17.2 Å². The fourth-order valence-electron chi connectivity index (χ4n) is 1.19. The average Bonchev–Trinajstić information content (AvgIpc) is 2.30. The van der Waals surface area contributed by atoms with Crippen LogP contribution in [0.25, 0.3) is 0 Å². The average molecular weight is 238 g/mol. The van der Waals surface area contributed by atoms with Gasteiger partial charge in [-0.05, 0) is 12.1 Å². The molecule has 0 aliphatic rings. The molecule has 0 bridgehead atoms. The lowest BCUT2D eigenvalue weighted by atomic mass is 10.2. The molecule has 0 fully saturated rings. The number of nitrogens with one attached hydrogen (secondary N) is 1. The molecule has 17 heavy (non-hydrogen) atoms. The van der Waals surface area contributed by atoms with E-state index in [4.69, 9.17) is 9.47 Å². The number of amides is 1. The number of phenolic OH excluding ortho intramolecular Hbond substituents is 1. The molecule has 2 N–H and O–H groups in total. The SMILES string of the molecule is COc1cc(/C=N/NC(C)=O)cc(OC)c1O. The molecule has 6 nitrogen and oxygen atoms in total. The van der Waals surface area contributed by atoms with Crippen LogP contribution in [0.2, 0.25) is 0 Å². The van der Waals surface area contributed by atoms with Gasteiger partial charge in [0.2, 0.25) is 11.7 Å². The molecule has 92 valence electrons. The van der Waals surface area contributed by atoms with Crippen molar-refractivity contribution in [2.45, 2.75) is 6.92 Å². The van der Waals surface area contributed by atoms with Gasteiger partial charge in [-0.1, -0.05) is 0 Å². The quantitative estimate of drug-likeness (QED) is 0.602. The standard InChI is InChI=1S/C11H14N2O4/c1-7(14)13-12-6-8-4-9(16-2)11(15)10(5-8)17-3/h4-6,15H,1-3H3,(H,13,14)/b12-6+. The van der Waals surface area contributed by atoms with Gasteiger partial charge in [0.1, 0.15) is 0 Å². The Morgan fingerprint density at radius 3 is 2.29 bits per heavy atom. The van der Waals surface area contributed by atoms with Crippen molar-refractivity contribution in [1.82, 2.24) is 5.43 Å². The van der Waals surface area contributed by atoms with Gasteiger partial charge < -0.3 is 14.6 Å². The molecule has 0 spiro atoms. The zero-order chi connectivity index (χ0) is 12.8. The molecular formula is C11H14N2O4. The second-order valence-electron chi connectivity index (χ2n) is 3.20. The molecule has 1 amide bonds. The smallest absolute Gasteiger partial charge is 0.236 e. The molecule has 0 saturated heterocycles. The zero-order valence-corrected chi connectivity index (χ0v) is 9.85. The summed E-state index contributed by atoms with van der Waals surface area (Å²) in [4.78, 5) is 10.6. The van der Waals surface area contributed by atoms with Crippen molar-refractivity contribution in [3.63, 3.8) is 0 Å². The van der Waals surface area contributed by atoms with Crippen molar-refractivity contribution >= 4 is 12.1 Å². The van der Waals surface area contributed by atoms with Crippen LogP contribution in [0, 0.1) is 0 Å². The van der Waals surface area contributed by atoms with Crippen molar-refractivity contribution in [2.24, 2.45) is 5.10 Å². The molecule has 0 aliphatic heterocycles. The minimum atomic E-state index is -0.265. The van der Waals surface area contributed by atoms with Crippen LogP contribution in [0.1, 0.15) is 12.5 Å². The van der Waals surface area contributed by atoms with Crippen molar-refractivity contribution in [2.75, 3.05) is 14.2 Å². The maximum Gasteiger partial charge on any atom is 0.236 e. The predicted molar refractivity (Wildman–Crippen MR) is 62.6 cm³/mol. The van der Waals surface area contributed by atoms with Crippen LogP contribution in [-0.4, -0.2) is 31.4 Å². The van der Waals surface area contributed by atoms with Crippen LogP contribution < -0.4 is 14.9 Å². The van der Waals surface area contributed by atoms with Gasteiger partial charge >= 0.3 is 0 Å². The fourth-order valence-corrected chi connectivity index (χ4v) is 1.19. The third kappa shape index (κ3) is 3.37. The summed E-state index contributed by atoms with van der Waals surface area (Å²) in [6.07, 6.45) is 1.42. The second-order valence-corrected chi connectivity index (χ2v) is 3.20. The first kappa shape index (κ1) is 12.8. The third-order valence-corrected chi connectivity index (χ3v) is 1.94. The van der Waals surface area contributed by atoms with E-state index in [2.05, 4.69) is 10.5 Å². The molecule has 1 rings (SSSR count). The van der Waals surface area contributed by atoms with Crippen LogP contribution >= 0.6 is 0 Å². The molecular weight excluding hydrogens is 224 g/mol. The van der Waals surface area contributed by atoms with E-state index in [0.29, 0.717) is 5.56 Å². The molecule has 0 saturated carbocycles. The number of hydrazone groups is 1. The monoisotopic (exact) mass is 238 g/mol. The van der Waals surface area contributed by atoms with E-state index in [0.717, 1.165) is 0 Å². The fraction of sp³-hybridized carbons (Fsp3) is 0.273. The molecule has 0 atom stereocenters. The van der Waals surface area contributed by atoms with Crippen LogP contribution in [0.4, 0.5) is 0 Å². The molecule has 0 aromatic heterocycles. The Labute approximate surface area is 98.9 Å². The van der Waals surface area contributed by atoms with Gasteiger partial charge in [0.05, 0.1) is 20.4 Å². The third-order valence-electron chi connectivity index (χ3n) is 1.94. The summed E-state index contributed by atoms with van der Waals surface area (Å²) < 4.78 is 9.95. The Kier molecular flexibility index (Phi) is 4.33. The summed E-state index contributed by atoms with van der Waals surface area (Å²) in [5.41, 5.74) is 2.90. The van der Waals surface area contributed by atoms with E-state index in [9.17, 15) is 9.90 Å². The number of ether oxygens (including phenoxy) is 2. The molecule has 1 aromatic rings. The highest BCUT2D eigenvalue weighted by Crippen LogP contribution is 2.36. The molecule has 6 heteroatoms. The van der Waals surface area contributed by atoms with E-state index in [1.807, 2.05) is 0 Å². The summed E-state index contributed by atoms with van der Waals surface area (Å²) in [6, 6.07) is 3.15. The largest absolute Gasteiger partial charge is 0.502 e. The van der Waals surface area contributed by atoms with Gasteiger partial charge in [-0.15, -0.1) is 0 Å². The van der Waals surface area contributed by atoms with E-state index in [1.165, 1.54) is 27.4 Å². The molecule has 0 heterocycles. The van der Waals surface area contributed by atoms with Gasteiger partial charge in [-0.2, -0.15) is 5.10 Å². The topological polar surface area (TPSA) is 80.2 Å². The lowest BCUT2D eigenvalue weighted by Gasteiger charge is -2.09. The van der Waals surface area contributed by atoms with Crippen LogP contribution in [0.5, 0.6) is 17.2 Å². The van der Waals surface area contributed by atoms with E-state index in [-0.39, 0.29) is 23.2 Å². The zero-order valence-electron chi connectivity index (χ0n) is 9.85. The van der Waals surface area contributed by atoms with Crippen LogP contribution in [0.15, 0.2) is 17.2 Å². The number of rotatable bonds is 4. The van der Waals surface area contributed by atoms with Crippen LogP contribution in [-0.2, 0) is 4.79 Å². The molecule has 1 aromatic carbocycles. The van der Waals surface area contributed by atoms with Crippen molar-refractivity contribution in [3.05, 3.63) is 17.7 Å². The highest BCUT2D eigenvalue weighted by Gasteiger charge is 2.09. The summed E-state index contributed by atoms with van der Waals surface area (Å²) in [5, 5.41) is 13.4. The van der Waals surface area contributed by atoms with Gasteiger partial charge in [0.15, 0.2) is 11.5 Å². The first-order valence-electron chi connectivity index (χ1n) is 4.83. The van der Waals surface area contributed by atoms with E-state index >= 15 is 0 Å². The number of nitrogens with zero attached hydrogens (tertiary/aromatic N) is 1. The van der Waals surface area contributed by atoms with Gasteiger partial charge in [-0.25, -0.2) is 5.43 Å². The number of carbonyl (C=O) groups excluding carboxylic acids is 1. The minimum absolute atomic E-state index is 0.0772. The lowest BCUT2D eigenvalue weighted by molar-refractivity contribution is -0.118. The number of carbonyl (C=O) groups is 1. The highest BCUT2D eigenvalue weighted by molar-refractivity contribution is 5.83. The van der Waals surface area contributed by atoms with E-state index in [1.54, 1.807) is 12.1 Å². The molecule has 0 aliphatic carbocycles. The Balaban J connectivity index is 3.00. The number of benzene rings is 1. The lowest BCUT2D eigenvalue weighted by Crippen LogP contribution is -2.12. The van der Waals surface area contributed by atoms with Crippen LogP contribution in [0.3, 0.4) is 0 Å². The number of methoxy groups -OCH3 is 2. The highest BCUT2D eigenvalue weighted by atomic mass is 16.5. The van der Waals surface area contributed by atoms with Gasteiger partial charge in [-0.3, -0.25) is 4.79 Å². The summed E-state index contributed by atoms with van der Waals surface area (Å²) in [7, 11) is 2.87.